The van der Waals surface area contributed by atoms with Crippen LogP contribution in [0.25, 0.3) is 0 Å². The zero-order chi connectivity index (χ0) is 27.5. The Balaban J connectivity index is 1.74. The van der Waals surface area contributed by atoms with Gasteiger partial charge in [0.1, 0.15) is 24.4 Å². The van der Waals surface area contributed by atoms with Crippen molar-refractivity contribution in [3.05, 3.63) is 83.9 Å². The molecule has 3 amide bonds. The van der Waals surface area contributed by atoms with Gasteiger partial charge < -0.3 is 36.9 Å². The molecule has 200 valence electrons. The number of imidazole rings is 1. The number of nitrogens with two attached hydrogens (primary N) is 1. The van der Waals surface area contributed by atoms with Crippen LogP contribution in [0.5, 0.6) is 5.75 Å². The number of rotatable bonds is 13. The van der Waals surface area contributed by atoms with Gasteiger partial charge in [0.2, 0.25) is 17.7 Å². The van der Waals surface area contributed by atoms with Gasteiger partial charge in [-0.25, -0.2) is 4.98 Å². The third-order valence-corrected chi connectivity index (χ3v) is 5.67. The van der Waals surface area contributed by atoms with E-state index in [2.05, 4.69) is 25.9 Å². The Hall–Kier alpha value is -4.71. The average molecular weight is 523 g/mol. The number of aromatic amines is 1. The number of aromatic nitrogens is 2. The first-order chi connectivity index (χ1) is 18.2. The van der Waals surface area contributed by atoms with Gasteiger partial charge in [-0.2, -0.15) is 0 Å². The van der Waals surface area contributed by atoms with E-state index in [-0.39, 0.29) is 25.0 Å². The van der Waals surface area contributed by atoms with Gasteiger partial charge in [-0.1, -0.05) is 42.5 Å². The van der Waals surface area contributed by atoms with Gasteiger partial charge in [0.25, 0.3) is 0 Å². The number of phenolic OH excluding ortho intramolecular Hbond substituents is 1. The smallest absolute Gasteiger partial charge is 0.322 e. The monoisotopic (exact) mass is 522 g/mol. The van der Waals surface area contributed by atoms with Crippen molar-refractivity contribution in [3.8, 4) is 5.75 Å². The van der Waals surface area contributed by atoms with Crippen LogP contribution in [0.15, 0.2) is 67.1 Å². The van der Waals surface area contributed by atoms with Crippen LogP contribution in [0.4, 0.5) is 0 Å². The van der Waals surface area contributed by atoms with Gasteiger partial charge in [-0.3, -0.25) is 19.2 Å². The normalized spacial score (nSPS) is 13.1. The second-order valence-electron chi connectivity index (χ2n) is 8.68. The molecule has 3 rings (SSSR count). The fraction of sp³-hybridized carbons (Fsp3) is 0.269. The van der Waals surface area contributed by atoms with Crippen LogP contribution in [0, 0.1) is 0 Å². The van der Waals surface area contributed by atoms with Crippen LogP contribution < -0.4 is 21.7 Å². The van der Waals surface area contributed by atoms with E-state index in [0.29, 0.717) is 5.69 Å². The molecule has 3 unspecified atom stereocenters. The number of carboxylic acid groups (broad SMARTS) is 1. The first-order valence-electron chi connectivity index (χ1n) is 11.9. The highest BCUT2D eigenvalue weighted by molar-refractivity contribution is 5.94. The lowest BCUT2D eigenvalue weighted by Gasteiger charge is -2.24. The highest BCUT2D eigenvalue weighted by Crippen LogP contribution is 2.11. The number of carboxylic acids is 1. The predicted octanol–water partition coefficient (Wildman–Crippen LogP) is -0.359. The van der Waals surface area contributed by atoms with E-state index in [0.717, 1.165) is 11.1 Å². The Bertz CT molecular complexity index is 1220. The number of amides is 3. The molecule has 0 bridgehead atoms. The number of phenols is 1. The Morgan fingerprint density at radius 3 is 2.11 bits per heavy atom. The Morgan fingerprint density at radius 1 is 0.842 bits per heavy atom. The molecule has 38 heavy (non-hydrogen) atoms. The molecule has 2 aromatic carbocycles. The summed E-state index contributed by atoms with van der Waals surface area (Å²) in [6.07, 6.45) is 3.24. The highest BCUT2D eigenvalue weighted by atomic mass is 16.4. The van der Waals surface area contributed by atoms with Crippen LogP contribution in [-0.2, 0) is 38.4 Å². The number of hydrogen-bond donors (Lipinski definition) is 7. The fourth-order valence-corrected chi connectivity index (χ4v) is 3.70. The first kappa shape index (κ1) is 27.9. The number of benzene rings is 2. The van der Waals surface area contributed by atoms with Gasteiger partial charge in [-0.15, -0.1) is 0 Å². The number of carbonyl (C=O) groups excluding carboxylic acids is 3. The molecule has 0 aliphatic heterocycles. The number of nitrogens with one attached hydrogen (secondary N) is 4. The quantitative estimate of drug-likeness (QED) is 0.158. The maximum Gasteiger partial charge on any atom is 0.322 e. The lowest BCUT2D eigenvalue weighted by Crippen LogP contribution is -2.57. The minimum Gasteiger partial charge on any atom is -0.508 e. The van der Waals surface area contributed by atoms with E-state index in [9.17, 15) is 24.3 Å². The number of carbonyl (C=O) groups is 4. The summed E-state index contributed by atoms with van der Waals surface area (Å²) >= 11 is 0. The summed E-state index contributed by atoms with van der Waals surface area (Å²) in [6.45, 7) is -0.611. The number of nitrogens with zero attached hydrogens (tertiary/aromatic N) is 1. The maximum absolute atomic E-state index is 13.3. The third kappa shape index (κ3) is 8.75. The highest BCUT2D eigenvalue weighted by Gasteiger charge is 2.29. The second-order valence-corrected chi connectivity index (χ2v) is 8.68. The zero-order valence-corrected chi connectivity index (χ0v) is 20.5. The first-order valence-corrected chi connectivity index (χ1v) is 11.9. The summed E-state index contributed by atoms with van der Waals surface area (Å²) in [4.78, 5) is 56.8. The van der Waals surface area contributed by atoms with Crippen molar-refractivity contribution in [1.82, 2.24) is 25.9 Å². The summed E-state index contributed by atoms with van der Waals surface area (Å²) in [5.74, 6) is -3.07. The zero-order valence-electron chi connectivity index (χ0n) is 20.5. The maximum atomic E-state index is 13.3. The molecule has 1 aromatic heterocycles. The molecular formula is C26H30N6O6. The van der Waals surface area contributed by atoms with Crippen molar-refractivity contribution in [2.45, 2.75) is 37.4 Å². The molecule has 0 aliphatic carbocycles. The number of H-pyrrole nitrogens is 1. The van der Waals surface area contributed by atoms with Gasteiger partial charge in [0.15, 0.2) is 0 Å². The summed E-state index contributed by atoms with van der Waals surface area (Å²) in [5, 5.41) is 26.0. The molecule has 0 radical (unpaired) electrons. The van der Waals surface area contributed by atoms with Crippen LogP contribution in [-0.4, -0.2) is 68.5 Å². The summed E-state index contributed by atoms with van der Waals surface area (Å²) in [7, 11) is 0. The van der Waals surface area contributed by atoms with E-state index < -0.39 is 48.4 Å². The summed E-state index contributed by atoms with van der Waals surface area (Å²) in [5.41, 5.74) is 8.11. The molecule has 0 spiro atoms. The van der Waals surface area contributed by atoms with E-state index in [1.165, 1.54) is 24.7 Å². The van der Waals surface area contributed by atoms with Gasteiger partial charge in [0, 0.05) is 24.7 Å². The Morgan fingerprint density at radius 2 is 1.47 bits per heavy atom. The molecule has 8 N–H and O–H groups in total. The van der Waals surface area contributed by atoms with Crippen molar-refractivity contribution in [1.29, 1.82) is 0 Å². The minimum absolute atomic E-state index is 0.0400. The van der Waals surface area contributed by atoms with Gasteiger partial charge >= 0.3 is 5.97 Å². The topological polar surface area (TPSA) is 200 Å². The lowest BCUT2D eigenvalue weighted by molar-refractivity contribution is -0.138. The SMILES string of the molecule is NC(Cc1ccc(O)cc1)C(=O)NC(Cc1cnc[nH]1)C(=O)NC(Cc1ccccc1)C(=O)NCC(=O)O. The molecule has 0 saturated carbocycles. The lowest BCUT2D eigenvalue weighted by atomic mass is 10.0. The molecule has 3 aromatic rings. The molecule has 0 saturated heterocycles. The van der Waals surface area contributed by atoms with E-state index in [1.807, 2.05) is 0 Å². The average Bonchev–Trinajstić information content (AvgIpc) is 3.41. The molecule has 0 fully saturated rings. The van der Waals surface area contributed by atoms with Gasteiger partial charge in [0.05, 0.1) is 12.4 Å². The molecule has 3 atom stereocenters. The van der Waals surface area contributed by atoms with Crippen LogP contribution in [0.3, 0.4) is 0 Å². The third-order valence-electron chi connectivity index (χ3n) is 5.67. The Kier molecular flexibility index (Phi) is 9.94. The molecule has 12 nitrogen and oxygen atoms in total. The Labute approximate surface area is 218 Å². The summed E-state index contributed by atoms with van der Waals surface area (Å²) in [6, 6.07) is 12.0. The fourth-order valence-electron chi connectivity index (χ4n) is 3.70. The van der Waals surface area contributed by atoms with Crippen molar-refractivity contribution in [3.63, 3.8) is 0 Å². The van der Waals surface area contributed by atoms with E-state index >= 15 is 0 Å². The van der Waals surface area contributed by atoms with Crippen LogP contribution in [0.1, 0.15) is 16.8 Å². The number of aliphatic carboxylic acids is 1. The minimum atomic E-state index is -1.23. The molecule has 0 aliphatic rings. The number of hydrogen-bond acceptors (Lipinski definition) is 7. The second kappa shape index (κ2) is 13.6. The molecule has 1 heterocycles. The standard InChI is InChI=1S/C26H30N6O6/c27-20(10-17-6-8-19(33)9-7-17)24(36)31-22(12-18-13-28-15-30-18)26(38)32-21(25(37)29-14-23(34)35)11-16-4-2-1-3-5-16/h1-9,13,15,20-22,33H,10-12,14,27H2,(H,28,30)(H,29,37)(H,31,36)(H,32,38)(H,34,35). The van der Waals surface area contributed by atoms with Crippen LogP contribution in [0.2, 0.25) is 0 Å². The molecular weight excluding hydrogens is 492 g/mol. The van der Waals surface area contributed by atoms with Crippen molar-refractivity contribution in [2.24, 2.45) is 5.73 Å². The predicted molar refractivity (Wildman–Crippen MR) is 137 cm³/mol. The van der Waals surface area contributed by atoms with Crippen molar-refractivity contribution in [2.75, 3.05) is 6.54 Å². The van der Waals surface area contributed by atoms with E-state index in [1.54, 1.807) is 42.5 Å². The molecule has 12 heteroatoms. The van der Waals surface area contributed by atoms with Crippen molar-refractivity contribution < 1.29 is 29.4 Å². The van der Waals surface area contributed by atoms with Crippen molar-refractivity contribution >= 4 is 23.7 Å². The van der Waals surface area contributed by atoms with E-state index in [4.69, 9.17) is 10.8 Å². The number of aromatic hydroxyl groups is 1. The van der Waals surface area contributed by atoms with Crippen LogP contribution >= 0.6 is 0 Å². The largest absolute Gasteiger partial charge is 0.508 e. The van der Waals surface area contributed by atoms with Gasteiger partial charge in [-0.05, 0) is 29.7 Å². The summed E-state index contributed by atoms with van der Waals surface area (Å²) < 4.78 is 0.